The predicted molar refractivity (Wildman–Crippen MR) is 165 cm³/mol. The number of hydrogen-bond donors (Lipinski definition) is 0. The highest BCUT2D eigenvalue weighted by molar-refractivity contribution is 5.88. The van der Waals surface area contributed by atoms with E-state index in [4.69, 9.17) is 9.40 Å². The summed E-state index contributed by atoms with van der Waals surface area (Å²) in [6, 6.07) is 54.6. The number of anilines is 3. The van der Waals surface area contributed by atoms with Gasteiger partial charge in [0.2, 0.25) is 5.89 Å². The van der Waals surface area contributed by atoms with Gasteiger partial charge in [-0.15, -0.1) is 0 Å². The van der Waals surface area contributed by atoms with E-state index >= 15 is 0 Å². The van der Waals surface area contributed by atoms with Crippen LogP contribution in [0.5, 0.6) is 0 Å². The van der Waals surface area contributed by atoms with Gasteiger partial charge in [-0.05, 0) is 82.9 Å². The van der Waals surface area contributed by atoms with Crippen molar-refractivity contribution in [2.24, 2.45) is 0 Å². The standard InChI is InChI=1S/C37H26N2O/c1-3-16-30(17-4-1)39(31-18-5-2-6-19-31)32-20-12-14-28(26-32)34-22-8-7-21-33(34)27-13-11-15-29(25-27)37-38-35-23-9-10-24-36(35)40-37/h1-26H. The van der Waals surface area contributed by atoms with Crippen LogP contribution in [0.1, 0.15) is 0 Å². The molecule has 0 saturated carbocycles. The van der Waals surface area contributed by atoms with Crippen molar-refractivity contribution in [2.75, 3.05) is 4.90 Å². The lowest BCUT2D eigenvalue weighted by molar-refractivity contribution is 0.620. The number of benzene rings is 6. The summed E-state index contributed by atoms with van der Waals surface area (Å²) in [5, 5.41) is 0. The Morgan fingerprint density at radius 3 is 1.62 bits per heavy atom. The molecule has 0 radical (unpaired) electrons. The fourth-order valence-electron chi connectivity index (χ4n) is 5.22. The Kier molecular flexibility index (Phi) is 6.15. The summed E-state index contributed by atoms with van der Waals surface area (Å²) in [7, 11) is 0. The van der Waals surface area contributed by atoms with Crippen LogP contribution in [0.4, 0.5) is 17.1 Å². The molecule has 1 aromatic heterocycles. The highest BCUT2D eigenvalue weighted by atomic mass is 16.3. The van der Waals surface area contributed by atoms with Gasteiger partial charge in [-0.2, -0.15) is 0 Å². The summed E-state index contributed by atoms with van der Waals surface area (Å²) in [6.07, 6.45) is 0. The molecule has 0 aliphatic heterocycles. The molecule has 0 amide bonds. The van der Waals surface area contributed by atoms with E-state index in [1.807, 2.05) is 36.4 Å². The normalized spacial score (nSPS) is 11.0. The second-order valence-corrected chi connectivity index (χ2v) is 9.67. The highest BCUT2D eigenvalue weighted by Gasteiger charge is 2.15. The zero-order valence-corrected chi connectivity index (χ0v) is 21.8. The lowest BCUT2D eigenvalue weighted by atomic mass is 9.93. The Morgan fingerprint density at radius 2 is 0.950 bits per heavy atom. The molecule has 3 heteroatoms. The first-order chi connectivity index (χ1) is 19.8. The third-order valence-corrected chi connectivity index (χ3v) is 7.09. The van der Waals surface area contributed by atoms with Gasteiger partial charge in [-0.3, -0.25) is 0 Å². The van der Waals surface area contributed by atoms with Crippen molar-refractivity contribution in [1.82, 2.24) is 4.98 Å². The third-order valence-electron chi connectivity index (χ3n) is 7.09. The molecular weight excluding hydrogens is 488 g/mol. The molecule has 0 N–H and O–H groups in total. The van der Waals surface area contributed by atoms with E-state index < -0.39 is 0 Å². The van der Waals surface area contributed by atoms with Crippen molar-refractivity contribution in [3.05, 3.63) is 158 Å². The van der Waals surface area contributed by atoms with Gasteiger partial charge in [0.15, 0.2) is 5.58 Å². The van der Waals surface area contributed by atoms with Crippen molar-refractivity contribution in [1.29, 1.82) is 0 Å². The van der Waals surface area contributed by atoms with Gasteiger partial charge < -0.3 is 9.32 Å². The Hall–Kier alpha value is -5.41. The van der Waals surface area contributed by atoms with Gasteiger partial charge in [0.25, 0.3) is 0 Å². The lowest BCUT2D eigenvalue weighted by Gasteiger charge is -2.26. The molecule has 3 nitrogen and oxygen atoms in total. The molecule has 0 bridgehead atoms. The summed E-state index contributed by atoms with van der Waals surface area (Å²) in [6.45, 7) is 0. The Labute approximate surface area is 233 Å². The smallest absolute Gasteiger partial charge is 0.227 e. The fourth-order valence-corrected chi connectivity index (χ4v) is 5.22. The summed E-state index contributed by atoms with van der Waals surface area (Å²) < 4.78 is 6.07. The first kappa shape index (κ1) is 23.7. The molecule has 0 unspecified atom stereocenters. The first-order valence-electron chi connectivity index (χ1n) is 13.4. The summed E-state index contributed by atoms with van der Waals surface area (Å²) in [4.78, 5) is 7.01. The molecule has 7 aromatic rings. The van der Waals surface area contributed by atoms with E-state index in [-0.39, 0.29) is 0 Å². The van der Waals surface area contributed by atoms with Crippen molar-refractivity contribution >= 4 is 28.2 Å². The first-order valence-corrected chi connectivity index (χ1v) is 13.4. The number of para-hydroxylation sites is 4. The van der Waals surface area contributed by atoms with Crippen LogP contribution in [-0.4, -0.2) is 4.98 Å². The van der Waals surface area contributed by atoms with Crippen molar-refractivity contribution in [3.63, 3.8) is 0 Å². The number of rotatable bonds is 6. The van der Waals surface area contributed by atoms with Gasteiger partial charge in [-0.1, -0.05) is 97.1 Å². The maximum absolute atomic E-state index is 6.07. The van der Waals surface area contributed by atoms with E-state index in [0.717, 1.165) is 50.4 Å². The largest absolute Gasteiger partial charge is 0.436 e. The van der Waals surface area contributed by atoms with Crippen LogP contribution in [0.2, 0.25) is 0 Å². The molecule has 0 spiro atoms. The van der Waals surface area contributed by atoms with Gasteiger partial charge in [0.1, 0.15) is 5.52 Å². The van der Waals surface area contributed by atoms with E-state index in [0.29, 0.717) is 5.89 Å². The van der Waals surface area contributed by atoms with E-state index in [1.54, 1.807) is 0 Å². The third kappa shape index (κ3) is 4.55. The molecule has 40 heavy (non-hydrogen) atoms. The van der Waals surface area contributed by atoms with Gasteiger partial charge in [-0.25, -0.2) is 4.98 Å². The molecule has 1 heterocycles. The van der Waals surface area contributed by atoms with Crippen LogP contribution < -0.4 is 4.90 Å². The molecule has 190 valence electrons. The average molecular weight is 515 g/mol. The van der Waals surface area contributed by atoms with E-state index in [2.05, 4.69) is 126 Å². The number of hydrogen-bond acceptors (Lipinski definition) is 3. The summed E-state index contributed by atoms with van der Waals surface area (Å²) >= 11 is 0. The van der Waals surface area contributed by atoms with Crippen molar-refractivity contribution in [2.45, 2.75) is 0 Å². The molecule has 0 fully saturated rings. The molecule has 0 aliphatic carbocycles. The molecule has 6 aromatic carbocycles. The second kappa shape index (κ2) is 10.4. The van der Waals surface area contributed by atoms with Crippen LogP contribution in [-0.2, 0) is 0 Å². The number of fused-ring (bicyclic) bond motifs is 1. The van der Waals surface area contributed by atoms with Crippen LogP contribution in [0.25, 0.3) is 44.8 Å². The SMILES string of the molecule is c1ccc(N(c2ccccc2)c2cccc(-c3ccccc3-c3cccc(-c4nc5ccccc5o4)c3)c2)cc1. The molecule has 0 saturated heterocycles. The van der Waals surface area contributed by atoms with Crippen molar-refractivity contribution in [3.8, 4) is 33.7 Å². The molecule has 0 aliphatic rings. The van der Waals surface area contributed by atoms with Crippen molar-refractivity contribution < 1.29 is 4.42 Å². The van der Waals surface area contributed by atoms with E-state index in [1.165, 1.54) is 5.56 Å². The van der Waals surface area contributed by atoms with Gasteiger partial charge in [0, 0.05) is 22.6 Å². The predicted octanol–water partition coefficient (Wildman–Crippen LogP) is 10.3. The molecule has 7 rings (SSSR count). The van der Waals surface area contributed by atoms with Gasteiger partial charge in [0.05, 0.1) is 0 Å². The second-order valence-electron chi connectivity index (χ2n) is 9.67. The average Bonchev–Trinajstić information content (AvgIpc) is 3.47. The monoisotopic (exact) mass is 514 g/mol. The minimum Gasteiger partial charge on any atom is -0.436 e. The molecule has 0 atom stereocenters. The quantitative estimate of drug-likeness (QED) is 0.221. The molecular formula is C37H26N2O. The zero-order chi connectivity index (χ0) is 26.7. The van der Waals surface area contributed by atoms with Crippen LogP contribution in [0, 0.1) is 0 Å². The van der Waals surface area contributed by atoms with Gasteiger partial charge >= 0.3 is 0 Å². The lowest BCUT2D eigenvalue weighted by Crippen LogP contribution is -2.09. The van der Waals surface area contributed by atoms with E-state index in [9.17, 15) is 0 Å². The van der Waals surface area contributed by atoms with Crippen LogP contribution in [0.15, 0.2) is 162 Å². The fraction of sp³-hybridized carbons (Fsp3) is 0. The van der Waals surface area contributed by atoms with Crippen LogP contribution >= 0.6 is 0 Å². The minimum atomic E-state index is 0.629. The summed E-state index contributed by atoms with van der Waals surface area (Å²) in [5.41, 5.74) is 10.5. The summed E-state index contributed by atoms with van der Waals surface area (Å²) in [5.74, 6) is 0.629. The number of nitrogens with zero attached hydrogens (tertiary/aromatic N) is 2. The maximum atomic E-state index is 6.07. The topological polar surface area (TPSA) is 29.3 Å². The number of aromatic nitrogens is 1. The maximum Gasteiger partial charge on any atom is 0.227 e. The zero-order valence-electron chi connectivity index (χ0n) is 21.8. The Bertz CT molecular complexity index is 1840. The number of oxazole rings is 1. The Morgan fingerprint density at radius 1 is 0.425 bits per heavy atom. The Balaban J connectivity index is 1.31. The highest BCUT2D eigenvalue weighted by Crippen LogP contribution is 2.39. The van der Waals surface area contributed by atoms with Crippen LogP contribution in [0.3, 0.4) is 0 Å². The minimum absolute atomic E-state index is 0.629.